The Morgan fingerprint density at radius 1 is 1.35 bits per heavy atom. The molecule has 0 amide bonds. The molecule has 1 aliphatic heterocycles. The number of Topliss-reactive ketones (excluding diaryl/α,β-unsaturated/α-hetero) is 1. The topological polar surface area (TPSA) is 54.5 Å². The molecule has 0 aromatic heterocycles. The van der Waals surface area contributed by atoms with E-state index in [4.69, 9.17) is 0 Å². The van der Waals surface area contributed by atoms with Gasteiger partial charge in [-0.15, -0.1) is 0 Å². The highest BCUT2D eigenvalue weighted by atomic mass is 79.9. The van der Waals surface area contributed by atoms with E-state index < -0.39 is 9.84 Å². The maximum absolute atomic E-state index is 12.0. The average molecular weight is 360 g/mol. The first-order valence-electron chi connectivity index (χ1n) is 6.57. The summed E-state index contributed by atoms with van der Waals surface area (Å²) < 4.78 is 23.8. The van der Waals surface area contributed by atoms with Crippen LogP contribution in [0.2, 0.25) is 0 Å². The van der Waals surface area contributed by atoms with Crippen LogP contribution in [0.1, 0.15) is 23.2 Å². The second kappa shape index (κ2) is 6.37. The Kier molecular flexibility index (Phi) is 4.99. The molecular weight excluding hydrogens is 342 g/mol. The summed E-state index contributed by atoms with van der Waals surface area (Å²) in [5.41, 5.74) is 0.695. The molecule has 2 rings (SSSR count). The van der Waals surface area contributed by atoms with E-state index in [2.05, 4.69) is 15.9 Å². The quantitative estimate of drug-likeness (QED) is 0.755. The number of carbonyl (C=O) groups is 1. The van der Waals surface area contributed by atoms with Crippen molar-refractivity contribution in [2.45, 2.75) is 18.9 Å². The second-order valence-electron chi connectivity index (χ2n) is 5.22. The van der Waals surface area contributed by atoms with Crippen LogP contribution >= 0.6 is 15.9 Å². The molecule has 110 valence electrons. The van der Waals surface area contributed by atoms with Gasteiger partial charge in [0.25, 0.3) is 0 Å². The SMILES string of the molecule is CN(CCC(=O)c1ccc(Br)cc1)C1CCS(=O)(=O)C1. The van der Waals surface area contributed by atoms with Crippen molar-refractivity contribution in [3.05, 3.63) is 34.3 Å². The maximum Gasteiger partial charge on any atom is 0.164 e. The fraction of sp³-hybridized carbons (Fsp3) is 0.500. The Hall–Kier alpha value is -0.720. The highest BCUT2D eigenvalue weighted by Gasteiger charge is 2.30. The lowest BCUT2D eigenvalue weighted by atomic mass is 10.1. The standard InChI is InChI=1S/C14H18BrNO3S/c1-16(13-7-9-20(18,19)10-13)8-6-14(17)11-2-4-12(15)5-3-11/h2-5,13H,6-10H2,1H3. The van der Waals surface area contributed by atoms with Crippen LogP contribution in [0.15, 0.2) is 28.7 Å². The molecule has 0 aliphatic carbocycles. The van der Waals surface area contributed by atoms with Gasteiger partial charge in [-0.3, -0.25) is 4.79 Å². The van der Waals surface area contributed by atoms with E-state index >= 15 is 0 Å². The molecule has 1 atom stereocenters. The summed E-state index contributed by atoms with van der Waals surface area (Å²) in [7, 11) is -0.979. The molecule has 6 heteroatoms. The second-order valence-corrected chi connectivity index (χ2v) is 8.36. The van der Waals surface area contributed by atoms with Crippen LogP contribution in [-0.2, 0) is 9.84 Å². The summed E-state index contributed by atoms with van der Waals surface area (Å²) >= 11 is 3.34. The van der Waals surface area contributed by atoms with Crippen molar-refractivity contribution in [3.8, 4) is 0 Å². The number of hydrogen-bond acceptors (Lipinski definition) is 4. The van der Waals surface area contributed by atoms with E-state index in [0.717, 1.165) is 4.47 Å². The van der Waals surface area contributed by atoms with Crippen molar-refractivity contribution in [2.75, 3.05) is 25.1 Å². The van der Waals surface area contributed by atoms with Gasteiger partial charge in [0.05, 0.1) is 11.5 Å². The first kappa shape index (κ1) is 15.7. The zero-order valence-electron chi connectivity index (χ0n) is 11.4. The molecule has 20 heavy (non-hydrogen) atoms. The molecule has 0 radical (unpaired) electrons. The van der Waals surface area contributed by atoms with Gasteiger partial charge in [-0.2, -0.15) is 0 Å². The number of sulfone groups is 1. The van der Waals surface area contributed by atoms with Crippen LogP contribution < -0.4 is 0 Å². The Morgan fingerprint density at radius 2 is 2.00 bits per heavy atom. The first-order chi connectivity index (χ1) is 9.37. The number of halogens is 1. The Balaban J connectivity index is 1.86. The number of nitrogens with zero attached hydrogens (tertiary/aromatic N) is 1. The molecule has 0 spiro atoms. The molecule has 1 heterocycles. The normalized spacial score (nSPS) is 21.2. The summed E-state index contributed by atoms with van der Waals surface area (Å²) in [5, 5.41) is 0. The third-order valence-corrected chi connectivity index (χ3v) is 5.97. The summed E-state index contributed by atoms with van der Waals surface area (Å²) in [6, 6.07) is 7.34. The largest absolute Gasteiger partial charge is 0.302 e. The van der Waals surface area contributed by atoms with E-state index in [1.165, 1.54) is 0 Å². The van der Waals surface area contributed by atoms with Gasteiger partial charge in [-0.1, -0.05) is 28.1 Å². The van der Waals surface area contributed by atoms with Gasteiger partial charge >= 0.3 is 0 Å². The average Bonchev–Trinajstić information content (AvgIpc) is 2.77. The smallest absolute Gasteiger partial charge is 0.164 e. The van der Waals surface area contributed by atoms with Gasteiger partial charge in [-0.05, 0) is 25.6 Å². The summed E-state index contributed by atoms with van der Waals surface area (Å²) in [6.07, 6.45) is 1.08. The van der Waals surface area contributed by atoms with Crippen molar-refractivity contribution in [1.29, 1.82) is 0 Å². The number of hydrogen-bond donors (Lipinski definition) is 0. The molecule has 1 fully saturated rings. The maximum atomic E-state index is 12.0. The van der Waals surface area contributed by atoms with Crippen LogP contribution in [-0.4, -0.2) is 50.2 Å². The van der Waals surface area contributed by atoms with Crippen LogP contribution in [0, 0.1) is 0 Å². The molecule has 1 aliphatic rings. The molecule has 4 nitrogen and oxygen atoms in total. The summed E-state index contributed by atoms with van der Waals surface area (Å²) in [6.45, 7) is 0.592. The van der Waals surface area contributed by atoms with Crippen molar-refractivity contribution < 1.29 is 13.2 Å². The van der Waals surface area contributed by atoms with Crippen molar-refractivity contribution in [3.63, 3.8) is 0 Å². The first-order valence-corrected chi connectivity index (χ1v) is 9.18. The monoisotopic (exact) mass is 359 g/mol. The lowest BCUT2D eigenvalue weighted by molar-refractivity contribution is 0.0963. The van der Waals surface area contributed by atoms with Gasteiger partial charge < -0.3 is 4.90 Å². The summed E-state index contributed by atoms with van der Waals surface area (Å²) in [5.74, 6) is 0.573. The van der Waals surface area contributed by atoms with E-state index in [-0.39, 0.29) is 23.3 Å². The highest BCUT2D eigenvalue weighted by Crippen LogP contribution is 2.17. The van der Waals surface area contributed by atoms with Gasteiger partial charge in [-0.25, -0.2) is 8.42 Å². The third-order valence-electron chi connectivity index (χ3n) is 3.69. The molecule has 1 saturated heterocycles. The minimum absolute atomic E-state index is 0.0534. The number of benzene rings is 1. The number of rotatable bonds is 5. The van der Waals surface area contributed by atoms with Gasteiger partial charge in [0.2, 0.25) is 0 Å². The van der Waals surface area contributed by atoms with Crippen LogP contribution in [0.25, 0.3) is 0 Å². The van der Waals surface area contributed by atoms with Gasteiger partial charge in [0.15, 0.2) is 15.6 Å². The highest BCUT2D eigenvalue weighted by molar-refractivity contribution is 9.10. The molecule has 0 saturated carbocycles. The van der Waals surface area contributed by atoms with Crippen LogP contribution in [0.4, 0.5) is 0 Å². The lowest BCUT2D eigenvalue weighted by Crippen LogP contribution is -2.34. The number of ketones is 1. The lowest BCUT2D eigenvalue weighted by Gasteiger charge is -2.22. The third kappa shape index (κ3) is 4.14. The van der Waals surface area contributed by atoms with E-state index in [1.807, 2.05) is 24.1 Å². The van der Waals surface area contributed by atoms with E-state index in [9.17, 15) is 13.2 Å². The molecule has 0 bridgehead atoms. The zero-order valence-corrected chi connectivity index (χ0v) is 13.8. The molecule has 0 N–H and O–H groups in total. The Bertz CT molecular complexity index is 583. The number of carbonyl (C=O) groups excluding carboxylic acids is 1. The van der Waals surface area contributed by atoms with Crippen LogP contribution in [0.3, 0.4) is 0 Å². The predicted molar refractivity (Wildman–Crippen MR) is 82.8 cm³/mol. The fourth-order valence-corrected chi connectivity index (χ4v) is 4.43. The molecule has 1 aromatic rings. The minimum Gasteiger partial charge on any atom is -0.302 e. The van der Waals surface area contributed by atoms with Crippen molar-refractivity contribution in [2.24, 2.45) is 0 Å². The molecule has 1 unspecified atom stereocenters. The van der Waals surface area contributed by atoms with Crippen LogP contribution in [0.5, 0.6) is 0 Å². The van der Waals surface area contributed by atoms with Crippen molar-refractivity contribution >= 4 is 31.6 Å². The van der Waals surface area contributed by atoms with E-state index in [0.29, 0.717) is 24.9 Å². The zero-order chi connectivity index (χ0) is 14.8. The van der Waals surface area contributed by atoms with Gasteiger partial charge in [0, 0.05) is 29.0 Å². The van der Waals surface area contributed by atoms with Crippen molar-refractivity contribution in [1.82, 2.24) is 4.90 Å². The van der Waals surface area contributed by atoms with E-state index in [1.54, 1.807) is 12.1 Å². The summed E-state index contributed by atoms with van der Waals surface area (Å²) in [4.78, 5) is 14.0. The predicted octanol–water partition coefficient (Wildman–Crippen LogP) is 2.14. The molecule has 1 aromatic carbocycles. The van der Waals surface area contributed by atoms with Gasteiger partial charge in [0.1, 0.15) is 0 Å². The fourth-order valence-electron chi connectivity index (χ4n) is 2.36. The Labute approximate surface area is 128 Å². The minimum atomic E-state index is -2.87. The Morgan fingerprint density at radius 3 is 2.55 bits per heavy atom. The molecular formula is C14H18BrNO3S.